The Hall–Kier alpha value is -0.620. The number of hydrogen-bond donors (Lipinski definition) is 2. The van der Waals surface area contributed by atoms with Gasteiger partial charge in [0.2, 0.25) is 5.91 Å². The molecule has 0 unspecified atom stereocenters. The highest BCUT2D eigenvalue weighted by molar-refractivity contribution is 7.92. The van der Waals surface area contributed by atoms with E-state index in [0.717, 1.165) is 6.26 Å². The maximum atomic E-state index is 12.1. The van der Waals surface area contributed by atoms with Crippen LogP contribution in [-0.2, 0) is 14.6 Å². The van der Waals surface area contributed by atoms with Crippen molar-refractivity contribution in [2.75, 3.05) is 12.8 Å². The molecular weight excluding hydrogens is 252 g/mol. The SMILES string of the molecule is CC(C)(N)C(C)(C)C(=O)NCC(C)(C)S(C)(=O)=O. The van der Waals surface area contributed by atoms with Crippen molar-refractivity contribution in [3.05, 3.63) is 0 Å². The number of hydrogen-bond acceptors (Lipinski definition) is 4. The first-order valence-electron chi connectivity index (χ1n) is 5.90. The summed E-state index contributed by atoms with van der Waals surface area (Å²) in [4.78, 5) is 12.1. The van der Waals surface area contributed by atoms with E-state index in [1.165, 1.54) is 0 Å². The van der Waals surface area contributed by atoms with Crippen LogP contribution in [0.15, 0.2) is 0 Å². The van der Waals surface area contributed by atoms with Crippen LogP contribution in [-0.4, -0.2) is 37.4 Å². The minimum absolute atomic E-state index is 0.0736. The van der Waals surface area contributed by atoms with E-state index < -0.39 is 25.5 Å². The van der Waals surface area contributed by atoms with Crippen molar-refractivity contribution in [3.63, 3.8) is 0 Å². The van der Waals surface area contributed by atoms with E-state index in [9.17, 15) is 13.2 Å². The topological polar surface area (TPSA) is 89.3 Å². The standard InChI is InChI=1S/C12H26N2O3S/c1-10(2,18(7,16)17)8-14-9(15)11(3,4)12(5,6)13/h8,13H2,1-7H3,(H,14,15). The molecule has 0 aliphatic heterocycles. The van der Waals surface area contributed by atoms with Gasteiger partial charge in [-0.15, -0.1) is 0 Å². The van der Waals surface area contributed by atoms with Crippen molar-refractivity contribution in [2.45, 2.75) is 51.8 Å². The van der Waals surface area contributed by atoms with Crippen LogP contribution in [0.2, 0.25) is 0 Å². The molecule has 18 heavy (non-hydrogen) atoms. The quantitative estimate of drug-likeness (QED) is 0.774. The van der Waals surface area contributed by atoms with E-state index in [2.05, 4.69) is 5.32 Å². The number of sulfone groups is 1. The number of rotatable bonds is 5. The molecule has 0 aromatic heterocycles. The molecule has 0 aromatic carbocycles. The van der Waals surface area contributed by atoms with Gasteiger partial charge in [-0.3, -0.25) is 4.79 Å². The summed E-state index contributed by atoms with van der Waals surface area (Å²) in [6.07, 6.45) is 1.16. The predicted octanol–water partition coefficient (Wildman–Crippen LogP) is 0.689. The van der Waals surface area contributed by atoms with E-state index in [1.54, 1.807) is 41.5 Å². The Kier molecular flexibility index (Phi) is 4.64. The van der Waals surface area contributed by atoms with Gasteiger partial charge >= 0.3 is 0 Å². The molecule has 0 saturated heterocycles. The Morgan fingerprint density at radius 1 is 1.11 bits per heavy atom. The van der Waals surface area contributed by atoms with Gasteiger partial charge in [0, 0.05) is 18.3 Å². The summed E-state index contributed by atoms with van der Waals surface area (Å²) in [5.74, 6) is -0.244. The molecule has 1 amide bonds. The maximum absolute atomic E-state index is 12.1. The minimum Gasteiger partial charge on any atom is -0.354 e. The second-order valence-corrected chi connectivity index (χ2v) is 9.21. The lowest BCUT2D eigenvalue weighted by Crippen LogP contribution is -2.57. The van der Waals surface area contributed by atoms with Crippen LogP contribution in [0.1, 0.15) is 41.5 Å². The summed E-state index contributed by atoms with van der Waals surface area (Å²) >= 11 is 0. The number of carbonyl (C=O) groups excluding carboxylic acids is 1. The number of amides is 1. The predicted molar refractivity (Wildman–Crippen MR) is 74.0 cm³/mol. The summed E-state index contributed by atoms with van der Waals surface area (Å²) in [6, 6.07) is 0. The highest BCUT2D eigenvalue weighted by atomic mass is 32.2. The van der Waals surface area contributed by atoms with Crippen molar-refractivity contribution in [1.29, 1.82) is 0 Å². The molecule has 3 N–H and O–H groups in total. The zero-order chi connectivity index (χ0) is 15.0. The van der Waals surface area contributed by atoms with Crippen LogP contribution in [0.3, 0.4) is 0 Å². The summed E-state index contributed by atoms with van der Waals surface area (Å²) < 4.78 is 22.1. The molecule has 108 valence electrons. The molecule has 0 fully saturated rings. The zero-order valence-electron chi connectivity index (χ0n) is 12.4. The van der Waals surface area contributed by atoms with Crippen LogP contribution in [0.5, 0.6) is 0 Å². The average Bonchev–Trinajstić information content (AvgIpc) is 2.10. The second kappa shape index (κ2) is 4.81. The summed E-state index contributed by atoms with van der Waals surface area (Å²) in [6.45, 7) is 10.3. The molecule has 0 bridgehead atoms. The van der Waals surface area contributed by atoms with Gasteiger partial charge in [0.15, 0.2) is 9.84 Å². The Balaban J connectivity index is 4.84. The van der Waals surface area contributed by atoms with Crippen LogP contribution in [0.4, 0.5) is 0 Å². The third kappa shape index (κ3) is 3.68. The van der Waals surface area contributed by atoms with Gasteiger partial charge in [-0.05, 0) is 41.5 Å². The largest absolute Gasteiger partial charge is 0.354 e. The lowest BCUT2D eigenvalue weighted by atomic mass is 9.74. The molecule has 0 atom stereocenters. The molecule has 0 aromatic rings. The lowest BCUT2D eigenvalue weighted by molar-refractivity contribution is -0.132. The van der Waals surface area contributed by atoms with Gasteiger partial charge in [-0.2, -0.15) is 0 Å². The zero-order valence-corrected chi connectivity index (χ0v) is 13.2. The first kappa shape index (κ1) is 17.4. The van der Waals surface area contributed by atoms with Crippen molar-refractivity contribution < 1.29 is 13.2 Å². The molecule has 0 aliphatic rings. The van der Waals surface area contributed by atoms with Gasteiger partial charge in [-0.1, -0.05) is 0 Å². The summed E-state index contributed by atoms with van der Waals surface area (Å²) in [5, 5.41) is 2.68. The molecule has 0 aliphatic carbocycles. The van der Waals surface area contributed by atoms with Crippen molar-refractivity contribution in [2.24, 2.45) is 11.1 Å². The lowest BCUT2D eigenvalue weighted by Gasteiger charge is -2.37. The molecule has 0 rings (SSSR count). The fraction of sp³-hybridized carbons (Fsp3) is 0.917. The fourth-order valence-corrected chi connectivity index (χ4v) is 1.27. The Labute approximate surface area is 110 Å². The number of nitrogens with two attached hydrogens (primary N) is 1. The van der Waals surface area contributed by atoms with Crippen molar-refractivity contribution in [3.8, 4) is 0 Å². The highest BCUT2D eigenvalue weighted by Gasteiger charge is 2.41. The average molecular weight is 278 g/mol. The van der Waals surface area contributed by atoms with Gasteiger partial charge in [-0.25, -0.2) is 8.42 Å². The monoisotopic (exact) mass is 278 g/mol. The third-order valence-corrected chi connectivity index (χ3v) is 6.01. The highest BCUT2D eigenvalue weighted by Crippen LogP contribution is 2.28. The first-order chi connectivity index (χ1) is 7.63. The summed E-state index contributed by atoms with van der Waals surface area (Å²) in [5.41, 5.74) is 4.49. The molecular formula is C12H26N2O3S. The fourth-order valence-electron chi connectivity index (χ4n) is 0.938. The van der Waals surface area contributed by atoms with Crippen molar-refractivity contribution >= 4 is 15.7 Å². The molecule has 0 spiro atoms. The first-order valence-corrected chi connectivity index (χ1v) is 7.79. The third-order valence-electron chi connectivity index (χ3n) is 3.86. The smallest absolute Gasteiger partial charge is 0.227 e. The summed E-state index contributed by atoms with van der Waals surface area (Å²) in [7, 11) is -3.22. The van der Waals surface area contributed by atoms with Gasteiger partial charge in [0.1, 0.15) is 0 Å². The molecule has 0 radical (unpaired) electrons. The molecule has 6 heteroatoms. The van der Waals surface area contributed by atoms with E-state index in [0.29, 0.717) is 0 Å². The van der Waals surface area contributed by atoms with E-state index in [-0.39, 0.29) is 12.5 Å². The maximum Gasteiger partial charge on any atom is 0.227 e. The van der Waals surface area contributed by atoms with Crippen molar-refractivity contribution in [1.82, 2.24) is 5.32 Å². The van der Waals surface area contributed by atoms with Crippen LogP contribution in [0, 0.1) is 5.41 Å². The number of nitrogens with one attached hydrogen (secondary N) is 1. The molecule has 0 saturated carbocycles. The van der Waals surface area contributed by atoms with Crippen LogP contribution < -0.4 is 11.1 Å². The van der Waals surface area contributed by atoms with E-state index >= 15 is 0 Å². The van der Waals surface area contributed by atoms with Gasteiger partial charge in [0.05, 0.1) is 10.2 Å². The Bertz CT molecular complexity index is 417. The molecule has 0 heterocycles. The van der Waals surface area contributed by atoms with Gasteiger partial charge in [0.25, 0.3) is 0 Å². The van der Waals surface area contributed by atoms with Crippen LogP contribution >= 0.6 is 0 Å². The molecule has 5 nitrogen and oxygen atoms in total. The van der Waals surface area contributed by atoms with Gasteiger partial charge < -0.3 is 11.1 Å². The minimum atomic E-state index is -3.22. The second-order valence-electron chi connectivity index (χ2n) is 6.56. The van der Waals surface area contributed by atoms with E-state index in [4.69, 9.17) is 5.73 Å². The van der Waals surface area contributed by atoms with E-state index in [1.807, 2.05) is 0 Å². The Morgan fingerprint density at radius 2 is 1.50 bits per heavy atom. The van der Waals surface area contributed by atoms with Crippen LogP contribution in [0.25, 0.3) is 0 Å². The number of carbonyl (C=O) groups is 1. The normalized spacial score (nSPS) is 14.4. The Morgan fingerprint density at radius 3 is 1.78 bits per heavy atom.